The van der Waals surface area contributed by atoms with Crippen molar-refractivity contribution in [1.82, 2.24) is 9.88 Å². The van der Waals surface area contributed by atoms with Gasteiger partial charge in [-0.05, 0) is 42.9 Å². The van der Waals surface area contributed by atoms with Gasteiger partial charge in [0.25, 0.3) is 0 Å². The molecule has 0 unspecified atom stereocenters. The second-order valence-electron chi connectivity index (χ2n) is 6.63. The number of hydrogen-bond donors (Lipinski definition) is 0. The molecule has 0 bridgehead atoms. The highest BCUT2D eigenvalue weighted by molar-refractivity contribution is 7.13. The Kier molecular flexibility index (Phi) is 7.27. The van der Waals surface area contributed by atoms with Crippen molar-refractivity contribution in [2.75, 3.05) is 27.9 Å². The van der Waals surface area contributed by atoms with E-state index in [2.05, 4.69) is 36.0 Å². The van der Waals surface area contributed by atoms with Crippen LogP contribution in [0.1, 0.15) is 11.3 Å². The van der Waals surface area contributed by atoms with Gasteiger partial charge in [-0.1, -0.05) is 24.8 Å². The molecule has 0 saturated heterocycles. The first-order valence-corrected chi connectivity index (χ1v) is 10.2. The standard InChI is InChI=1S/C23H26N2O3S/c1-5-12-28-20-9-6-17(7-10-20)14-25(2)15-19-16-29-23(24-19)18-8-11-21(26-3)22(13-18)27-4/h5-11,13,16H,1,12,14-15H2,2-4H3. The van der Waals surface area contributed by atoms with Crippen molar-refractivity contribution in [2.24, 2.45) is 0 Å². The minimum Gasteiger partial charge on any atom is -0.493 e. The summed E-state index contributed by atoms with van der Waals surface area (Å²) in [5.41, 5.74) is 3.30. The number of benzene rings is 2. The largest absolute Gasteiger partial charge is 0.493 e. The van der Waals surface area contributed by atoms with Crippen molar-refractivity contribution in [3.8, 4) is 27.8 Å². The average molecular weight is 411 g/mol. The van der Waals surface area contributed by atoms with Gasteiger partial charge in [0, 0.05) is 24.0 Å². The van der Waals surface area contributed by atoms with Crippen LogP contribution in [0.4, 0.5) is 0 Å². The fourth-order valence-electron chi connectivity index (χ4n) is 2.97. The zero-order valence-corrected chi connectivity index (χ0v) is 17.9. The summed E-state index contributed by atoms with van der Waals surface area (Å²) in [5.74, 6) is 2.28. The Bertz CT molecular complexity index is 938. The topological polar surface area (TPSA) is 43.8 Å². The second-order valence-corrected chi connectivity index (χ2v) is 7.49. The average Bonchev–Trinajstić information content (AvgIpc) is 3.21. The third-order valence-electron chi connectivity index (χ3n) is 4.36. The SMILES string of the molecule is C=CCOc1ccc(CN(C)Cc2csc(-c3ccc(OC)c(OC)c3)n2)cc1. The first-order valence-electron chi connectivity index (χ1n) is 9.31. The van der Waals surface area contributed by atoms with E-state index >= 15 is 0 Å². The van der Waals surface area contributed by atoms with Crippen molar-refractivity contribution in [3.05, 3.63) is 71.8 Å². The van der Waals surface area contributed by atoms with Crippen LogP contribution in [0, 0.1) is 0 Å². The summed E-state index contributed by atoms with van der Waals surface area (Å²) in [6.45, 7) is 5.80. The predicted octanol–water partition coefficient (Wildman–Crippen LogP) is 5.02. The van der Waals surface area contributed by atoms with Gasteiger partial charge in [0.2, 0.25) is 0 Å². The number of thiazole rings is 1. The Morgan fingerprint density at radius 2 is 1.79 bits per heavy atom. The molecular weight excluding hydrogens is 384 g/mol. The number of rotatable bonds is 10. The quantitative estimate of drug-likeness (QED) is 0.439. The molecule has 0 fully saturated rings. The zero-order valence-electron chi connectivity index (χ0n) is 17.1. The van der Waals surface area contributed by atoms with E-state index < -0.39 is 0 Å². The number of ether oxygens (including phenoxy) is 3. The van der Waals surface area contributed by atoms with Crippen molar-refractivity contribution in [1.29, 1.82) is 0 Å². The lowest BCUT2D eigenvalue weighted by molar-refractivity contribution is 0.315. The molecule has 0 N–H and O–H groups in total. The fourth-order valence-corrected chi connectivity index (χ4v) is 3.78. The minimum atomic E-state index is 0.519. The highest BCUT2D eigenvalue weighted by Gasteiger charge is 2.11. The monoisotopic (exact) mass is 410 g/mol. The molecule has 0 saturated carbocycles. The van der Waals surface area contributed by atoms with E-state index in [1.165, 1.54) is 5.56 Å². The van der Waals surface area contributed by atoms with E-state index in [1.807, 2.05) is 30.3 Å². The van der Waals surface area contributed by atoms with Gasteiger partial charge in [0.1, 0.15) is 17.4 Å². The van der Waals surface area contributed by atoms with E-state index in [0.717, 1.165) is 35.1 Å². The number of methoxy groups -OCH3 is 2. The van der Waals surface area contributed by atoms with Crippen molar-refractivity contribution >= 4 is 11.3 Å². The smallest absolute Gasteiger partial charge is 0.161 e. The first kappa shape index (κ1) is 20.9. The Hall–Kier alpha value is -2.83. The molecule has 3 rings (SSSR count). The molecule has 0 spiro atoms. The molecule has 3 aromatic rings. The van der Waals surface area contributed by atoms with Gasteiger partial charge in [-0.15, -0.1) is 11.3 Å². The molecule has 0 radical (unpaired) electrons. The van der Waals surface area contributed by atoms with Crippen molar-refractivity contribution in [2.45, 2.75) is 13.1 Å². The van der Waals surface area contributed by atoms with E-state index in [4.69, 9.17) is 19.2 Å². The van der Waals surface area contributed by atoms with E-state index in [1.54, 1.807) is 31.6 Å². The molecule has 0 aliphatic carbocycles. The molecule has 0 atom stereocenters. The third-order valence-corrected chi connectivity index (χ3v) is 5.30. The first-order chi connectivity index (χ1) is 14.1. The Labute approximate surface area is 176 Å². The molecule has 0 amide bonds. The van der Waals surface area contributed by atoms with Crippen LogP contribution in [0.3, 0.4) is 0 Å². The predicted molar refractivity (Wildman–Crippen MR) is 118 cm³/mol. The Morgan fingerprint density at radius 1 is 1.03 bits per heavy atom. The lowest BCUT2D eigenvalue weighted by Gasteiger charge is -2.15. The number of aromatic nitrogens is 1. The molecule has 152 valence electrons. The van der Waals surface area contributed by atoms with E-state index in [0.29, 0.717) is 18.1 Å². The summed E-state index contributed by atoms with van der Waals surface area (Å²) >= 11 is 1.63. The number of hydrogen-bond acceptors (Lipinski definition) is 6. The van der Waals surface area contributed by atoms with Crippen LogP contribution in [0.2, 0.25) is 0 Å². The molecule has 2 aromatic carbocycles. The maximum atomic E-state index is 5.53. The van der Waals surface area contributed by atoms with Gasteiger partial charge in [0.15, 0.2) is 11.5 Å². The van der Waals surface area contributed by atoms with Gasteiger partial charge in [-0.3, -0.25) is 4.90 Å². The summed E-state index contributed by atoms with van der Waals surface area (Å²) in [4.78, 5) is 7.04. The van der Waals surface area contributed by atoms with Gasteiger partial charge < -0.3 is 14.2 Å². The van der Waals surface area contributed by atoms with Crippen LogP contribution < -0.4 is 14.2 Å². The third kappa shape index (κ3) is 5.59. The minimum absolute atomic E-state index is 0.519. The molecule has 5 nitrogen and oxygen atoms in total. The molecule has 29 heavy (non-hydrogen) atoms. The highest BCUT2D eigenvalue weighted by Crippen LogP contribution is 2.33. The molecule has 0 aliphatic rings. The number of nitrogens with zero attached hydrogens (tertiary/aromatic N) is 2. The summed E-state index contributed by atoms with van der Waals surface area (Å²) < 4.78 is 16.2. The zero-order chi connectivity index (χ0) is 20.6. The molecular formula is C23H26N2O3S. The maximum Gasteiger partial charge on any atom is 0.161 e. The van der Waals surface area contributed by atoms with Gasteiger partial charge in [0.05, 0.1) is 19.9 Å². The summed E-state index contributed by atoms with van der Waals surface area (Å²) in [7, 11) is 5.37. The van der Waals surface area contributed by atoms with Crippen LogP contribution in [-0.2, 0) is 13.1 Å². The fraction of sp³-hybridized carbons (Fsp3) is 0.261. The van der Waals surface area contributed by atoms with Crippen LogP contribution >= 0.6 is 11.3 Å². The highest BCUT2D eigenvalue weighted by atomic mass is 32.1. The lowest BCUT2D eigenvalue weighted by atomic mass is 10.2. The van der Waals surface area contributed by atoms with Crippen LogP contribution in [0.15, 0.2) is 60.5 Å². The summed E-state index contributed by atoms with van der Waals surface area (Å²) in [6.07, 6.45) is 1.74. The normalized spacial score (nSPS) is 10.8. The summed E-state index contributed by atoms with van der Waals surface area (Å²) in [5, 5.41) is 3.08. The van der Waals surface area contributed by atoms with Crippen LogP contribution in [0.5, 0.6) is 17.2 Å². The van der Waals surface area contributed by atoms with Crippen LogP contribution in [-0.4, -0.2) is 37.8 Å². The second kappa shape index (κ2) is 10.1. The van der Waals surface area contributed by atoms with Crippen LogP contribution in [0.25, 0.3) is 10.6 Å². The van der Waals surface area contributed by atoms with E-state index in [9.17, 15) is 0 Å². The van der Waals surface area contributed by atoms with Crippen molar-refractivity contribution < 1.29 is 14.2 Å². The van der Waals surface area contributed by atoms with E-state index in [-0.39, 0.29) is 0 Å². The molecule has 1 heterocycles. The lowest BCUT2D eigenvalue weighted by Crippen LogP contribution is -2.17. The van der Waals surface area contributed by atoms with Gasteiger partial charge in [-0.25, -0.2) is 4.98 Å². The van der Waals surface area contributed by atoms with Gasteiger partial charge in [-0.2, -0.15) is 0 Å². The molecule has 6 heteroatoms. The Balaban J connectivity index is 1.61. The molecule has 0 aliphatic heterocycles. The maximum absolute atomic E-state index is 5.53. The molecule has 1 aromatic heterocycles. The Morgan fingerprint density at radius 3 is 2.48 bits per heavy atom. The van der Waals surface area contributed by atoms with Crippen molar-refractivity contribution in [3.63, 3.8) is 0 Å². The summed E-state index contributed by atoms with van der Waals surface area (Å²) in [6, 6.07) is 14.0. The van der Waals surface area contributed by atoms with Gasteiger partial charge >= 0.3 is 0 Å².